The SMILES string of the molecule is CCCCCC(O)C(O)C/C=C\CCCCCCCC(=O)OCCCCCCCCCCOC(=O)CCCCCCC/C=C\CC(O)C(O)CCCCC. The molecule has 0 aliphatic heterocycles. The van der Waals surface area contributed by atoms with Gasteiger partial charge in [-0.2, -0.15) is 0 Å². The summed E-state index contributed by atoms with van der Waals surface area (Å²) < 4.78 is 10.8. The lowest BCUT2D eigenvalue weighted by atomic mass is 10.0. The van der Waals surface area contributed by atoms with Gasteiger partial charge in [-0.05, 0) is 77.0 Å². The third-order valence-corrected chi connectivity index (χ3v) is 10.3. The van der Waals surface area contributed by atoms with Crippen LogP contribution in [0.25, 0.3) is 0 Å². The maximum Gasteiger partial charge on any atom is 0.305 e. The molecule has 0 aliphatic rings. The summed E-state index contributed by atoms with van der Waals surface area (Å²) in [6, 6.07) is 0. The quantitative estimate of drug-likeness (QED) is 0.0275. The molecule has 8 heteroatoms. The molecule has 0 spiro atoms. The normalized spacial score (nSPS) is 14.1. The molecule has 0 radical (unpaired) electrons. The van der Waals surface area contributed by atoms with Gasteiger partial charge >= 0.3 is 11.9 Å². The summed E-state index contributed by atoms with van der Waals surface area (Å²) in [5.41, 5.74) is 0. The smallest absolute Gasteiger partial charge is 0.305 e. The number of hydrogen-bond acceptors (Lipinski definition) is 8. The minimum absolute atomic E-state index is 0.0750. The first-order valence-corrected chi connectivity index (χ1v) is 22.6. The Kier molecular flexibility index (Phi) is 39.6. The summed E-state index contributed by atoms with van der Waals surface area (Å²) >= 11 is 0. The van der Waals surface area contributed by atoms with Gasteiger partial charge in [0.05, 0.1) is 37.6 Å². The van der Waals surface area contributed by atoms with Crippen molar-refractivity contribution in [1.29, 1.82) is 0 Å². The predicted octanol–water partition coefficient (Wildman–Crippen LogP) is 11.2. The maximum atomic E-state index is 12.0. The van der Waals surface area contributed by atoms with Gasteiger partial charge in [-0.15, -0.1) is 0 Å². The second-order valence-corrected chi connectivity index (χ2v) is 15.6. The van der Waals surface area contributed by atoms with Crippen LogP contribution in [0.15, 0.2) is 24.3 Å². The monoisotopic (exact) mass is 767 g/mol. The second kappa shape index (κ2) is 40.9. The first-order chi connectivity index (χ1) is 26.3. The zero-order chi connectivity index (χ0) is 39.7. The Balaban J connectivity index is 3.41. The van der Waals surface area contributed by atoms with Crippen molar-refractivity contribution in [1.82, 2.24) is 0 Å². The number of unbranched alkanes of at least 4 members (excludes halogenated alkanes) is 21. The van der Waals surface area contributed by atoms with E-state index in [0.29, 0.717) is 51.7 Å². The van der Waals surface area contributed by atoms with Crippen LogP contribution >= 0.6 is 0 Å². The van der Waals surface area contributed by atoms with E-state index in [1.807, 2.05) is 12.2 Å². The van der Waals surface area contributed by atoms with Gasteiger partial charge in [-0.3, -0.25) is 9.59 Å². The maximum absolute atomic E-state index is 12.0. The van der Waals surface area contributed by atoms with Crippen LogP contribution in [0.4, 0.5) is 0 Å². The van der Waals surface area contributed by atoms with Gasteiger partial charge in [0.1, 0.15) is 0 Å². The van der Waals surface area contributed by atoms with E-state index in [4.69, 9.17) is 9.47 Å². The van der Waals surface area contributed by atoms with E-state index in [2.05, 4.69) is 26.0 Å². The highest BCUT2D eigenvalue weighted by molar-refractivity contribution is 5.69. The third-order valence-electron chi connectivity index (χ3n) is 10.3. The van der Waals surface area contributed by atoms with E-state index in [0.717, 1.165) is 154 Å². The summed E-state index contributed by atoms with van der Waals surface area (Å²) in [5.74, 6) is -0.150. The predicted molar refractivity (Wildman–Crippen MR) is 223 cm³/mol. The highest BCUT2D eigenvalue weighted by Gasteiger charge is 2.14. The molecule has 0 aromatic rings. The molecule has 0 saturated heterocycles. The Morgan fingerprint density at radius 3 is 1.11 bits per heavy atom. The van der Waals surface area contributed by atoms with Crippen LogP contribution in [-0.4, -0.2) is 70.0 Å². The first kappa shape index (κ1) is 52.3. The number of esters is 2. The third kappa shape index (κ3) is 37.2. The summed E-state index contributed by atoms with van der Waals surface area (Å²) in [4.78, 5) is 24.0. The molecule has 0 saturated carbocycles. The lowest BCUT2D eigenvalue weighted by Gasteiger charge is -2.15. The van der Waals surface area contributed by atoms with Crippen LogP contribution in [0.5, 0.6) is 0 Å². The Bertz CT molecular complexity index is 805. The molecule has 8 nitrogen and oxygen atoms in total. The molecule has 0 fully saturated rings. The van der Waals surface area contributed by atoms with E-state index in [9.17, 15) is 30.0 Å². The van der Waals surface area contributed by atoms with E-state index < -0.39 is 24.4 Å². The first-order valence-electron chi connectivity index (χ1n) is 22.6. The molecule has 54 heavy (non-hydrogen) atoms. The number of aliphatic hydroxyl groups is 4. The number of ether oxygens (including phenoxy) is 2. The fourth-order valence-electron chi connectivity index (χ4n) is 6.52. The van der Waals surface area contributed by atoms with Crippen molar-refractivity contribution in [3.8, 4) is 0 Å². The highest BCUT2D eigenvalue weighted by atomic mass is 16.5. The van der Waals surface area contributed by atoms with Gasteiger partial charge in [0.25, 0.3) is 0 Å². The van der Waals surface area contributed by atoms with Gasteiger partial charge in [0.2, 0.25) is 0 Å². The van der Waals surface area contributed by atoms with Crippen molar-refractivity contribution in [2.45, 2.75) is 244 Å². The number of carbonyl (C=O) groups excluding carboxylic acids is 2. The molecule has 4 N–H and O–H groups in total. The van der Waals surface area contributed by atoms with E-state index in [1.165, 1.54) is 12.8 Å². The van der Waals surface area contributed by atoms with Crippen LogP contribution in [0.3, 0.4) is 0 Å². The Labute approximate surface area is 332 Å². The highest BCUT2D eigenvalue weighted by Crippen LogP contribution is 2.14. The fourth-order valence-corrected chi connectivity index (χ4v) is 6.52. The number of allylic oxidation sites excluding steroid dienone is 2. The van der Waals surface area contributed by atoms with Gasteiger partial charge in [-0.1, -0.05) is 154 Å². The van der Waals surface area contributed by atoms with E-state index in [-0.39, 0.29) is 11.9 Å². The van der Waals surface area contributed by atoms with Crippen LogP contribution in [0.1, 0.15) is 219 Å². The van der Waals surface area contributed by atoms with Gasteiger partial charge in [-0.25, -0.2) is 0 Å². The van der Waals surface area contributed by atoms with Crippen LogP contribution in [0.2, 0.25) is 0 Å². The van der Waals surface area contributed by atoms with Crippen LogP contribution < -0.4 is 0 Å². The zero-order valence-electron chi connectivity index (χ0n) is 35.1. The standard InChI is InChI=1S/C46H86O8/c1-3-5-25-33-41(47)43(49)35-27-19-13-7-9-15-21-29-37-45(51)53-39-31-23-17-11-12-18-24-32-40-54-46(52)38-30-22-16-10-8-14-20-28-36-44(50)42(48)34-26-6-4-2/h19-20,27-28,41-44,47-50H,3-18,21-26,29-40H2,1-2H3/b27-19-,28-20-. The number of hydrogen-bond donors (Lipinski definition) is 4. The molecule has 0 aromatic carbocycles. The largest absolute Gasteiger partial charge is 0.466 e. The molecular weight excluding hydrogens is 680 g/mol. The topological polar surface area (TPSA) is 134 Å². The zero-order valence-corrected chi connectivity index (χ0v) is 35.1. The van der Waals surface area contributed by atoms with Crippen molar-refractivity contribution in [3.63, 3.8) is 0 Å². The molecule has 4 atom stereocenters. The Morgan fingerprint density at radius 2 is 0.741 bits per heavy atom. The molecule has 0 aliphatic carbocycles. The minimum Gasteiger partial charge on any atom is -0.466 e. The average molecular weight is 767 g/mol. The summed E-state index contributed by atoms with van der Waals surface area (Å²) in [7, 11) is 0. The molecule has 318 valence electrons. The molecule has 0 heterocycles. The summed E-state index contributed by atoms with van der Waals surface area (Å²) in [6.45, 7) is 5.32. The van der Waals surface area contributed by atoms with E-state index in [1.54, 1.807) is 0 Å². The number of aliphatic hydroxyl groups excluding tert-OH is 4. The number of carbonyl (C=O) groups is 2. The van der Waals surface area contributed by atoms with Crippen molar-refractivity contribution in [2.24, 2.45) is 0 Å². The van der Waals surface area contributed by atoms with Crippen molar-refractivity contribution in [3.05, 3.63) is 24.3 Å². The lowest BCUT2D eigenvalue weighted by molar-refractivity contribution is -0.144. The second-order valence-electron chi connectivity index (χ2n) is 15.6. The summed E-state index contributed by atoms with van der Waals surface area (Å²) in [5, 5.41) is 40.0. The molecule has 0 amide bonds. The fraction of sp³-hybridized carbons (Fsp3) is 0.870. The molecule has 0 bridgehead atoms. The van der Waals surface area contributed by atoms with Crippen molar-refractivity contribution >= 4 is 11.9 Å². The Morgan fingerprint density at radius 1 is 0.407 bits per heavy atom. The molecule has 4 unspecified atom stereocenters. The summed E-state index contributed by atoms with van der Waals surface area (Å²) in [6.07, 6.45) is 36.7. The number of rotatable bonds is 41. The van der Waals surface area contributed by atoms with Gasteiger partial charge in [0, 0.05) is 12.8 Å². The lowest BCUT2D eigenvalue weighted by Crippen LogP contribution is -2.25. The van der Waals surface area contributed by atoms with Crippen LogP contribution in [-0.2, 0) is 19.1 Å². The van der Waals surface area contributed by atoms with Crippen LogP contribution in [0, 0.1) is 0 Å². The van der Waals surface area contributed by atoms with Gasteiger partial charge in [0.15, 0.2) is 0 Å². The average Bonchev–Trinajstić information content (AvgIpc) is 3.16. The molecule has 0 rings (SSSR count). The molecular formula is C46H86O8. The minimum atomic E-state index is -0.662. The van der Waals surface area contributed by atoms with E-state index >= 15 is 0 Å². The van der Waals surface area contributed by atoms with Crippen molar-refractivity contribution < 1.29 is 39.5 Å². The molecule has 0 aromatic heterocycles. The van der Waals surface area contributed by atoms with Gasteiger partial charge < -0.3 is 29.9 Å². The Hall–Kier alpha value is -1.74. The van der Waals surface area contributed by atoms with Crippen molar-refractivity contribution in [2.75, 3.05) is 13.2 Å².